The lowest BCUT2D eigenvalue weighted by Gasteiger charge is -2.08. The van der Waals surface area contributed by atoms with E-state index in [-0.39, 0.29) is 12.1 Å². The summed E-state index contributed by atoms with van der Waals surface area (Å²) in [5.41, 5.74) is 6.81. The van der Waals surface area contributed by atoms with Gasteiger partial charge >= 0.3 is 5.97 Å². The van der Waals surface area contributed by atoms with Crippen molar-refractivity contribution < 1.29 is 13.9 Å². The normalized spacial score (nSPS) is 9.93. The predicted octanol–water partition coefficient (Wildman–Crippen LogP) is 1.43. The first-order valence-electron chi connectivity index (χ1n) is 4.16. The second-order valence-electron chi connectivity index (χ2n) is 3.01. The number of rotatable bonds is 2. The maximum atomic E-state index is 13.0. The third-order valence-corrected chi connectivity index (χ3v) is 2.09. The van der Waals surface area contributed by atoms with Gasteiger partial charge in [0.25, 0.3) is 0 Å². The number of esters is 1. The lowest BCUT2D eigenvalue weighted by atomic mass is 10.0. The van der Waals surface area contributed by atoms with Gasteiger partial charge < -0.3 is 10.5 Å². The molecule has 0 heterocycles. The summed E-state index contributed by atoms with van der Waals surface area (Å²) in [6, 6.07) is 2.87. The number of hydrogen-bond donors (Lipinski definition) is 1. The van der Waals surface area contributed by atoms with Gasteiger partial charge in [0, 0.05) is 0 Å². The van der Waals surface area contributed by atoms with Gasteiger partial charge in [0.2, 0.25) is 0 Å². The molecule has 4 heteroatoms. The summed E-state index contributed by atoms with van der Waals surface area (Å²) in [7, 11) is 1.28. The van der Waals surface area contributed by atoms with Crippen LogP contribution in [0.4, 0.5) is 10.1 Å². The van der Waals surface area contributed by atoms with Gasteiger partial charge in [-0.2, -0.15) is 0 Å². The van der Waals surface area contributed by atoms with Crippen molar-refractivity contribution in [3.05, 3.63) is 29.1 Å². The van der Waals surface area contributed by atoms with E-state index in [9.17, 15) is 9.18 Å². The van der Waals surface area contributed by atoms with Crippen LogP contribution in [0.2, 0.25) is 0 Å². The molecule has 0 amide bonds. The lowest BCUT2D eigenvalue weighted by molar-refractivity contribution is -0.139. The van der Waals surface area contributed by atoms with Crippen molar-refractivity contribution in [2.24, 2.45) is 0 Å². The van der Waals surface area contributed by atoms with Crippen LogP contribution in [0, 0.1) is 12.7 Å². The number of anilines is 1. The number of ether oxygens (including phenoxy) is 1. The average molecular weight is 197 g/mol. The van der Waals surface area contributed by atoms with Crippen LogP contribution in [0.15, 0.2) is 12.1 Å². The molecular formula is C10H12FNO2. The highest BCUT2D eigenvalue weighted by Gasteiger charge is 2.12. The zero-order valence-corrected chi connectivity index (χ0v) is 8.13. The molecule has 14 heavy (non-hydrogen) atoms. The molecule has 0 radical (unpaired) electrons. The third-order valence-electron chi connectivity index (χ3n) is 2.09. The zero-order valence-electron chi connectivity index (χ0n) is 8.13. The van der Waals surface area contributed by atoms with Crippen LogP contribution in [0.25, 0.3) is 0 Å². The van der Waals surface area contributed by atoms with E-state index in [2.05, 4.69) is 4.74 Å². The molecule has 0 bridgehead atoms. The van der Waals surface area contributed by atoms with Crippen LogP contribution < -0.4 is 5.73 Å². The van der Waals surface area contributed by atoms with E-state index in [1.54, 1.807) is 13.0 Å². The molecule has 76 valence electrons. The molecule has 0 aromatic heterocycles. The Morgan fingerprint density at radius 3 is 2.79 bits per heavy atom. The monoisotopic (exact) mass is 197 g/mol. The number of halogens is 1. The first-order valence-corrected chi connectivity index (χ1v) is 4.16. The molecule has 1 rings (SSSR count). The molecule has 0 aliphatic rings. The summed E-state index contributed by atoms with van der Waals surface area (Å²) in [5, 5.41) is 0. The Bertz CT molecular complexity index is 363. The van der Waals surface area contributed by atoms with Crippen molar-refractivity contribution in [2.45, 2.75) is 13.3 Å². The average Bonchev–Trinajstić information content (AvgIpc) is 2.18. The molecule has 0 aliphatic carbocycles. The molecule has 3 nitrogen and oxygen atoms in total. The summed E-state index contributed by atoms with van der Waals surface area (Å²) in [6.07, 6.45) is 0.00588. The maximum Gasteiger partial charge on any atom is 0.310 e. The quantitative estimate of drug-likeness (QED) is 0.576. The Morgan fingerprint density at radius 1 is 1.57 bits per heavy atom. The summed E-state index contributed by atoms with van der Waals surface area (Å²) in [4.78, 5) is 11.0. The van der Waals surface area contributed by atoms with Gasteiger partial charge in [-0.05, 0) is 24.1 Å². The molecule has 1 aromatic carbocycles. The zero-order chi connectivity index (χ0) is 10.7. The SMILES string of the molecule is COC(=O)Cc1c(C)ccc(F)c1N. The van der Waals surface area contributed by atoms with Gasteiger partial charge in [0.15, 0.2) is 0 Å². The molecule has 2 N–H and O–H groups in total. The van der Waals surface area contributed by atoms with Gasteiger partial charge in [0.1, 0.15) is 5.82 Å². The molecule has 0 saturated heterocycles. The Kier molecular flexibility index (Phi) is 3.06. The lowest BCUT2D eigenvalue weighted by Crippen LogP contribution is -2.09. The van der Waals surface area contributed by atoms with Crippen LogP contribution in [-0.2, 0) is 16.0 Å². The second-order valence-corrected chi connectivity index (χ2v) is 3.01. The number of carbonyl (C=O) groups excluding carboxylic acids is 1. The minimum atomic E-state index is -0.505. The highest BCUT2D eigenvalue weighted by molar-refractivity contribution is 5.75. The van der Waals surface area contributed by atoms with Crippen molar-refractivity contribution in [3.8, 4) is 0 Å². The molecule has 0 saturated carbocycles. The topological polar surface area (TPSA) is 52.3 Å². The van der Waals surface area contributed by atoms with Crippen LogP contribution in [0.1, 0.15) is 11.1 Å². The fourth-order valence-electron chi connectivity index (χ4n) is 1.20. The fraction of sp³-hybridized carbons (Fsp3) is 0.300. The summed E-state index contributed by atoms with van der Waals surface area (Å²) < 4.78 is 17.5. The van der Waals surface area contributed by atoms with E-state index < -0.39 is 11.8 Å². The number of nitrogen functional groups attached to an aromatic ring is 1. The minimum absolute atomic E-state index is 0.00588. The van der Waals surface area contributed by atoms with E-state index in [0.717, 1.165) is 5.56 Å². The van der Waals surface area contributed by atoms with Gasteiger partial charge in [-0.1, -0.05) is 6.07 Å². The van der Waals surface area contributed by atoms with Crippen LogP contribution in [-0.4, -0.2) is 13.1 Å². The fourth-order valence-corrected chi connectivity index (χ4v) is 1.20. The van der Waals surface area contributed by atoms with Gasteiger partial charge in [0.05, 0.1) is 19.2 Å². The highest BCUT2D eigenvalue weighted by atomic mass is 19.1. The molecule has 0 atom stereocenters. The Morgan fingerprint density at radius 2 is 2.21 bits per heavy atom. The molecule has 0 fully saturated rings. The van der Waals surface area contributed by atoms with E-state index >= 15 is 0 Å². The van der Waals surface area contributed by atoms with Gasteiger partial charge in [-0.15, -0.1) is 0 Å². The maximum absolute atomic E-state index is 13.0. The highest BCUT2D eigenvalue weighted by Crippen LogP contribution is 2.20. The molecule has 0 aliphatic heterocycles. The van der Waals surface area contributed by atoms with Crippen molar-refractivity contribution in [1.82, 2.24) is 0 Å². The van der Waals surface area contributed by atoms with E-state index in [1.807, 2.05) is 0 Å². The smallest absolute Gasteiger partial charge is 0.310 e. The summed E-state index contributed by atoms with van der Waals surface area (Å²) in [6.45, 7) is 1.77. The van der Waals surface area contributed by atoms with E-state index in [1.165, 1.54) is 13.2 Å². The number of hydrogen-bond acceptors (Lipinski definition) is 3. The number of aryl methyl sites for hydroxylation is 1. The van der Waals surface area contributed by atoms with Crippen molar-refractivity contribution in [1.29, 1.82) is 0 Å². The standard InChI is InChI=1S/C10H12FNO2/c1-6-3-4-8(11)10(12)7(6)5-9(13)14-2/h3-4H,5,12H2,1-2H3. The van der Waals surface area contributed by atoms with Crippen molar-refractivity contribution >= 4 is 11.7 Å². The summed E-state index contributed by atoms with van der Waals surface area (Å²) >= 11 is 0. The van der Waals surface area contributed by atoms with Crippen LogP contribution in [0.5, 0.6) is 0 Å². The third kappa shape index (κ3) is 2.02. The first kappa shape index (κ1) is 10.5. The van der Waals surface area contributed by atoms with Crippen molar-refractivity contribution in [3.63, 3.8) is 0 Å². The summed E-state index contributed by atoms with van der Waals surface area (Å²) in [5.74, 6) is -0.931. The van der Waals surface area contributed by atoms with E-state index in [4.69, 9.17) is 5.73 Å². The van der Waals surface area contributed by atoms with Gasteiger partial charge in [-0.3, -0.25) is 4.79 Å². The number of benzene rings is 1. The van der Waals surface area contributed by atoms with Gasteiger partial charge in [-0.25, -0.2) is 4.39 Å². The Labute approximate surface area is 81.7 Å². The van der Waals surface area contributed by atoms with Crippen molar-refractivity contribution in [2.75, 3.05) is 12.8 Å². The predicted molar refractivity (Wildman–Crippen MR) is 51.3 cm³/mol. The second kappa shape index (κ2) is 4.09. The Hall–Kier alpha value is -1.58. The number of methoxy groups -OCH3 is 1. The molecule has 1 aromatic rings. The number of nitrogens with two attached hydrogens (primary N) is 1. The molecule has 0 unspecified atom stereocenters. The Balaban J connectivity index is 3.06. The first-order chi connectivity index (χ1) is 6.56. The largest absolute Gasteiger partial charge is 0.469 e. The van der Waals surface area contributed by atoms with Crippen LogP contribution in [0.3, 0.4) is 0 Å². The van der Waals surface area contributed by atoms with Crippen LogP contribution >= 0.6 is 0 Å². The number of carbonyl (C=O) groups is 1. The molecular weight excluding hydrogens is 185 g/mol. The van der Waals surface area contributed by atoms with E-state index in [0.29, 0.717) is 5.56 Å². The minimum Gasteiger partial charge on any atom is -0.469 e. The molecule has 0 spiro atoms.